The Labute approximate surface area is 145 Å². The van der Waals surface area contributed by atoms with Crippen molar-refractivity contribution in [3.05, 3.63) is 27.7 Å². The number of nitrogens with one attached hydrogen (secondary N) is 2. The van der Waals surface area contributed by atoms with Gasteiger partial charge in [-0.2, -0.15) is 0 Å². The third kappa shape index (κ3) is 6.58. The summed E-state index contributed by atoms with van der Waals surface area (Å²) in [6.07, 6.45) is -0.547. The number of amides is 2. The van der Waals surface area contributed by atoms with Crippen molar-refractivity contribution in [2.75, 3.05) is 13.2 Å². The first kappa shape index (κ1) is 19.4. The van der Waals surface area contributed by atoms with E-state index in [-0.39, 0.29) is 12.3 Å². The number of hydrogen-bond acceptors (Lipinski definition) is 4. The second-order valence-electron chi connectivity index (χ2n) is 5.11. The zero-order chi connectivity index (χ0) is 17.4. The lowest BCUT2D eigenvalue weighted by Crippen LogP contribution is -2.47. The molecule has 0 aliphatic heterocycles. The van der Waals surface area contributed by atoms with Crippen LogP contribution in [-0.2, 0) is 14.3 Å². The Morgan fingerprint density at radius 1 is 1.22 bits per heavy atom. The highest BCUT2D eigenvalue weighted by molar-refractivity contribution is 9.10. The van der Waals surface area contributed by atoms with Gasteiger partial charge in [0.2, 0.25) is 5.91 Å². The summed E-state index contributed by atoms with van der Waals surface area (Å²) in [7, 11) is 0. The molecule has 2 N–H and O–H groups in total. The maximum Gasteiger partial charge on any atom is 0.279 e. The summed E-state index contributed by atoms with van der Waals surface area (Å²) in [5.41, 5.74) is 6.55. The zero-order valence-electron chi connectivity index (χ0n) is 13.9. The monoisotopic (exact) mass is 386 g/mol. The van der Waals surface area contributed by atoms with Gasteiger partial charge >= 0.3 is 0 Å². The molecule has 1 aromatic carbocycles. The summed E-state index contributed by atoms with van der Waals surface area (Å²) < 4.78 is 11.7. The molecule has 6 nitrogen and oxygen atoms in total. The molecule has 0 saturated heterocycles. The van der Waals surface area contributed by atoms with Gasteiger partial charge in [0.1, 0.15) is 5.75 Å². The highest BCUT2D eigenvalue weighted by Gasteiger charge is 2.17. The van der Waals surface area contributed by atoms with Gasteiger partial charge in [-0.3, -0.25) is 20.4 Å². The minimum absolute atomic E-state index is 0.189. The molecule has 0 aliphatic rings. The van der Waals surface area contributed by atoms with Crippen LogP contribution in [0.2, 0.25) is 0 Å². The number of ether oxygens (including phenoxy) is 2. The van der Waals surface area contributed by atoms with Crippen LogP contribution in [0.4, 0.5) is 0 Å². The standard InChI is InChI=1S/C16H23BrN2O4/c1-5-22-7-6-14(20)18-19-16(21)12(4)23-15-10(2)8-13(17)9-11(15)3/h8-9,12H,5-7H2,1-4H3,(H,18,20)(H,19,21). The summed E-state index contributed by atoms with van der Waals surface area (Å²) in [5, 5.41) is 0. The van der Waals surface area contributed by atoms with Crippen LogP contribution in [0, 0.1) is 13.8 Å². The van der Waals surface area contributed by atoms with Crippen LogP contribution in [0.15, 0.2) is 16.6 Å². The van der Waals surface area contributed by atoms with E-state index in [0.717, 1.165) is 15.6 Å². The van der Waals surface area contributed by atoms with Crippen LogP contribution in [0.3, 0.4) is 0 Å². The molecule has 1 unspecified atom stereocenters. The highest BCUT2D eigenvalue weighted by atomic mass is 79.9. The van der Waals surface area contributed by atoms with Gasteiger partial charge in [0.15, 0.2) is 6.10 Å². The van der Waals surface area contributed by atoms with Gasteiger partial charge in [-0.1, -0.05) is 15.9 Å². The van der Waals surface area contributed by atoms with Crippen LogP contribution in [0.5, 0.6) is 5.75 Å². The first-order valence-corrected chi connectivity index (χ1v) is 8.24. The first-order chi connectivity index (χ1) is 10.8. The van der Waals surface area contributed by atoms with E-state index in [4.69, 9.17) is 9.47 Å². The fourth-order valence-corrected chi connectivity index (χ4v) is 2.61. The van der Waals surface area contributed by atoms with Gasteiger partial charge < -0.3 is 9.47 Å². The molecule has 0 saturated carbocycles. The lowest BCUT2D eigenvalue weighted by molar-refractivity contribution is -0.133. The quantitative estimate of drug-likeness (QED) is 0.557. The summed E-state index contributed by atoms with van der Waals surface area (Å²) in [4.78, 5) is 23.5. The molecule has 7 heteroatoms. The Hall–Kier alpha value is -1.60. The van der Waals surface area contributed by atoms with Gasteiger partial charge in [0.25, 0.3) is 5.91 Å². The average molecular weight is 387 g/mol. The van der Waals surface area contributed by atoms with E-state index in [1.807, 2.05) is 32.9 Å². The SMILES string of the molecule is CCOCCC(=O)NNC(=O)C(C)Oc1c(C)cc(Br)cc1C. The number of rotatable bonds is 7. The Balaban J connectivity index is 2.50. The molecule has 0 bridgehead atoms. The predicted molar refractivity (Wildman–Crippen MR) is 91.1 cm³/mol. The molecular formula is C16H23BrN2O4. The molecule has 0 spiro atoms. The van der Waals surface area contributed by atoms with Gasteiger partial charge in [-0.15, -0.1) is 0 Å². The van der Waals surface area contributed by atoms with Gasteiger partial charge in [-0.25, -0.2) is 0 Å². The van der Waals surface area contributed by atoms with E-state index >= 15 is 0 Å². The van der Waals surface area contributed by atoms with Crippen molar-refractivity contribution in [3.63, 3.8) is 0 Å². The van der Waals surface area contributed by atoms with E-state index in [2.05, 4.69) is 26.8 Å². The van der Waals surface area contributed by atoms with Crippen LogP contribution in [0.1, 0.15) is 31.4 Å². The molecule has 1 rings (SSSR count). The molecule has 23 heavy (non-hydrogen) atoms. The van der Waals surface area contributed by atoms with E-state index in [1.54, 1.807) is 6.92 Å². The molecule has 0 heterocycles. The van der Waals surface area contributed by atoms with Crippen LogP contribution >= 0.6 is 15.9 Å². The number of aryl methyl sites for hydroxylation is 2. The van der Waals surface area contributed by atoms with Crippen molar-refractivity contribution >= 4 is 27.7 Å². The fourth-order valence-electron chi connectivity index (χ4n) is 1.92. The molecule has 0 radical (unpaired) electrons. The number of hydrazine groups is 1. The third-order valence-electron chi connectivity index (χ3n) is 3.09. The van der Waals surface area contributed by atoms with Crippen LogP contribution < -0.4 is 15.6 Å². The van der Waals surface area contributed by atoms with Crippen molar-refractivity contribution < 1.29 is 19.1 Å². The lowest BCUT2D eigenvalue weighted by atomic mass is 10.1. The molecule has 0 fully saturated rings. The summed E-state index contributed by atoms with van der Waals surface area (Å²) in [6, 6.07) is 3.84. The van der Waals surface area contributed by atoms with E-state index < -0.39 is 12.0 Å². The summed E-state index contributed by atoms with van der Waals surface area (Å²) in [5.74, 6) is -0.0648. The van der Waals surface area contributed by atoms with Crippen molar-refractivity contribution in [1.29, 1.82) is 0 Å². The molecule has 1 atom stereocenters. The topological polar surface area (TPSA) is 76.7 Å². The van der Waals surface area contributed by atoms with Gasteiger partial charge in [0.05, 0.1) is 13.0 Å². The molecule has 128 valence electrons. The summed E-state index contributed by atoms with van der Waals surface area (Å²) >= 11 is 3.42. The smallest absolute Gasteiger partial charge is 0.279 e. The second-order valence-corrected chi connectivity index (χ2v) is 6.03. The number of benzene rings is 1. The number of carbonyl (C=O) groups is 2. The average Bonchev–Trinajstić information content (AvgIpc) is 2.48. The minimum atomic E-state index is -0.735. The summed E-state index contributed by atoms with van der Waals surface area (Å²) in [6.45, 7) is 8.17. The van der Waals surface area contributed by atoms with Crippen LogP contribution in [-0.4, -0.2) is 31.1 Å². The van der Waals surface area contributed by atoms with Crippen molar-refractivity contribution in [2.24, 2.45) is 0 Å². The van der Waals surface area contributed by atoms with Gasteiger partial charge in [-0.05, 0) is 51.0 Å². The lowest BCUT2D eigenvalue weighted by Gasteiger charge is -2.18. The van der Waals surface area contributed by atoms with Gasteiger partial charge in [0, 0.05) is 11.1 Å². The van der Waals surface area contributed by atoms with Crippen molar-refractivity contribution in [3.8, 4) is 5.75 Å². The van der Waals surface area contributed by atoms with Crippen molar-refractivity contribution in [1.82, 2.24) is 10.9 Å². The molecule has 1 aromatic rings. The van der Waals surface area contributed by atoms with Crippen LogP contribution in [0.25, 0.3) is 0 Å². The predicted octanol–water partition coefficient (Wildman–Crippen LogP) is 2.41. The number of hydrogen-bond donors (Lipinski definition) is 2. The first-order valence-electron chi connectivity index (χ1n) is 7.45. The molecule has 0 aliphatic carbocycles. The zero-order valence-corrected chi connectivity index (χ0v) is 15.5. The molecule has 0 aromatic heterocycles. The van der Waals surface area contributed by atoms with Crippen molar-refractivity contribution in [2.45, 2.75) is 40.2 Å². The Morgan fingerprint density at radius 2 is 1.83 bits per heavy atom. The fraction of sp³-hybridized carbons (Fsp3) is 0.500. The Kier molecular flexibility index (Phi) is 8.05. The molecule has 2 amide bonds. The third-order valence-corrected chi connectivity index (χ3v) is 3.55. The molecular weight excluding hydrogens is 364 g/mol. The Bertz CT molecular complexity index is 540. The normalized spacial score (nSPS) is 11.7. The van der Waals surface area contributed by atoms with E-state index in [0.29, 0.717) is 19.0 Å². The second kappa shape index (κ2) is 9.52. The largest absolute Gasteiger partial charge is 0.480 e. The van der Waals surface area contributed by atoms with E-state index in [9.17, 15) is 9.59 Å². The minimum Gasteiger partial charge on any atom is -0.480 e. The maximum atomic E-state index is 12.0. The Morgan fingerprint density at radius 3 is 2.39 bits per heavy atom. The van der Waals surface area contributed by atoms with E-state index in [1.165, 1.54) is 0 Å². The number of carbonyl (C=O) groups excluding carboxylic acids is 2. The highest BCUT2D eigenvalue weighted by Crippen LogP contribution is 2.28. The maximum absolute atomic E-state index is 12.0. The number of halogens is 1.